The van der Waals surface area contributed by atoms with E-state index in [2.05, 4.69) is 5.48 Å². The lowest BCUT2D eigenvalue weighted by Crippen LogP contribution is -2.73. The van der Waals surface area contributed by atoms with Crippen LogP contribution >= 0.6 is 0 Å². The van der Waals surface area contributed by atoms with Gasteiger partial charge in [0, 0.05) is 12.5 Å². The number of carbonyl (C=O) groups is 2. The Balaban J connectivity index is 1.73. The van der Waals surface area contributed by atoms with E-state index in [9.17, 15) is 18.0 Å². The lowest BCUT2D eigenvalue weighted by molar-refractivity contribution is -0.738. The van der Waals surface area contributed by atoms with Gasteiger partial charge in [-0.1, -0.05) is 30.3 Å². The Morgan fingerprint density at radius 2 is 1.31 bits per heavy atom. The maximum absolute atomic E-state index is 15.0. The molecule has 0 aromatic heterocycles. The maximum Gasteiger partial charge on any atom is 0.532 e. The number of hydroxylamine groups is 1. The Labute approximate surface area is 322 Å². The smallest absolute Gasteiger partial charge is 0.493 e. The molecule has 0 aliphatic carbocycles. The molecule has 1 fully saturated rings. The number of hydrogen-bond donors (Lipinski definition) is 3. The monoisotopic (exact) mass is 805 g/mol. The second-order valence-electron chi connectivity index (χ2n) is 15.1. The molecule has 3 aromatic carbocycles. The summed E-state index contributed by atoms with van der Waals surface area (Å²) in [6.45, 7) is 10.6. The zero-order valence-electron chi connectivity index (χ0n) is 32.2. The number of nitrogens with zero attached hydrogens (tertiary/aromatic N) is 2. The summed E-state index contributed by atoms with van der Waals surface area (Å²) in [6.07, 6.45) is -1.36. The van der Waals surface area contributed by atoms with Crippen molar-refractivity contribution in [1.29, 1.82) is 5.41 Å². The number of benzene rings is 3. The first-order valence-corrected chi connectivity index (χ1v) is 20.4. The summed E-state index contributed by atoms with van der Waals surface area (Å²) in [5, 5.41) is 7.11. The molecule has 2 amide bonds. The molecule has 18 heteroatoms. The SMILES string of the molecule is Cc1cc(OCCCONC(=N)N)cc(OS(=O)(=O)c2ccccc2S(=O)(=O)[N+]2(C(=O)OC(C)(C)C)CC[N+](C(=O)OC(C)(C)C)(c3ccccc3)CC2)c1. The van der Waals surface area contributed by atoms with Crippen molar-refractivity contribution >= 4 is 44.0 Å². The molecule has 55 heavy (non-hydrogen) atoms. The van der Waals surface area contributed by atoms with Gasteiger partial charge in [0.05, 0.1) is 13.2 Å². The van der Waals surface area contributed by atoms with Crippen molar-refractivity contribution < 1.29 is 53.5 Å². The van der Waals surface area contributed by atoms with Gasteiger partial charge in [0.15, 0.2) is 13.1 Å². The van der Waals surface area contributed by atoms with Gasteiger partial charge in [-0.25, -0.2) is 5.48 Å². The standard InChI is InChI=1S/C37H51N5O11S2/c1-27-24-29(49-22-13-23-50-40-33(38)39)26-30(25-27)53-55(47,48)32-17-12-11-16-31(32)54(45,46)42(35(44)52-37(5,6)7)20-18-41(19-21-42,28-14-9-8-10-15-28)34(43)51-36(2,3)4/h8-12,14-17,24-26H,13,18-23H2,1-7H3,(H4,38,39,40)/q+2. The number of aryl methyl sites for hydroxylation is 1. The zero-order valence-corrected chi connectivity index (χ0v) is 33.8. The number of rotatable bonds is 12. The number of hydrogen-bond acceptors (Lipinski definition) is 12. The van der Waals surface area contributed by atoms with E-state index in [1.165, 1.54) is 24.3 Å². The number of quaternary nitrogens is 2. The summed E-state index contributed by atoms with van der Waals surface area (Å²) in [5.74, 6) is -0.219. The van der Waals surface area contributed by atoms with E-state index in [1.807, 2.05) is 0 Å². The third-order valence-corrected chi connectivity index (χ3v) is 12.1. The fourth-order valence-corrected chi connectivity index (χ4v) is 9.34. The molecule has 16 nitrogen and oxygen atoms in total. The summed E-state index contributed by atoms with van der Waals surface area (Å²) in [6, 6.07) is 18.1. The van der Waals surface area contributed by atoms with Crippen LogP contribution in [-0.2, 0) is 34.5 Å². The molecule has 0 saturated carbocycles. The molecule has 4 rings (SSSR count). The van der Waals surface area contributed by atoms with Crippen molar-refractivity contribution in [3.63, 3.8) is 0 Å². The summed E-state index contributed by atoms with van der Waals surface area (Å²) >= 11 is 0. The van der Waals surface area contributed by atoms with Crippen molar-refractivity contribution in [2.45, 2.75) is 75.9 Å². The maximum atomic E-state index is 15.0. The van der Waals surface area contributed by atoms with Gasteiger partial charge < -0.3 is 24.1 Å². The quantitative estimate of drug-likeness (QED) is 0.0528. The van der Waals surface area contributed by atoms with Crippen LogP contribution in [0.25, 0.3) is 0 Å². The average molecular weight is 806 g/mol. The minimum atomic E-state index is -4.96. The van der Waals surface area contributed by atoms with Gasteiger partial charge >= 0.3 is 32.3 Å². The Kier molecular flexibility index (Phi) is 12.9. The van der Waals surface area contributed by atoms with Crippen LogP contribution in [0.5, 0.6) is 11.5 Å². The van der Waals surface area contributed by atoms with E-state index in [0.29, 0.717) is 17.7 Å². The van der Waals surface area contributed by atoms with Crippen molar-refractivity contribution in [2.24, 2.45) is 5.73 Å². The van der Waals surface area contributed by atoms with Crippen LogP contribution in [0.4, 0.5) is 15.3 Å². The highest BCUT2D eigenvalue weighted by Crippen LogP contribution is 2.38. The average Bonchev–Trinajstić information content (AvgIpc) is 3.08. The van der Waals surface area contributed by atoms with Crippen molar-refractivity contribution in [2.75, 3.05) is 39.4 Å². The first-order chi connectivity index (χ1) is 25.5. The highest BCUT2D eigenvalue weighted by atomic mass is 32.2. The zero-order chi connectivity index (χ0) is 40.9. The topological polar surface area (TPSA) is 210 Å². The highest BCUT2D eigenvalue weighted by molar-refractivity contribution is 7.90. The van der Waals surface area contributed by atoms with E-state index < -0.39 is 74.8 Å². The van der Waals surface area contributed by atoms with E-state index in [1.54, 1.807) is 84.9 Å². The highest BCUT2D eigenvalue weighted by Gasteiger charge is 2.62. The number of piperazine rings is 1. The molecule has 4 N–H and O–H groups in total. The number of guanidine groups is 1. The summed E-state index contributed by atoms with van der Waals surface area (Å²) in [7, 11) is -9.82. The van der Waals surface area contributed by atoms with Crippen molar-refractivity contribution in [1.82, 2.24) is 9.96 Å². The van der Waals surface area contributed by atoms with Crippen LogP contribution in [0.1, 0.15) is 53.5 Å². The molecule has 0 spiro atoms. The van der Waals surface area contributed by atoms with Crippen molar-refractivity contribution in [3.05, 3.63) is 78.4 Å². The van der Waals surface area contributed by atoms with E-state index >= 15 is 8.42 Å². The van der Waals surface area contributed by atoms with Crippen LogP contribution < -0.4 is 24.6 Å². The number of nitrogens with two attached hydrogens (primary N) is 1. The second kappa shape index (κ2) is 16.5. The summed E-state index contributed by atoms with van der Waals surface area (Å²) in [5.41, 5.74) is 6.51. The molecule has 300 valence electrons. The van der Waals surface area contributed by atoms with Crippen molar-refractivity contribution in [3.8, 4) is 11.5 Å². The number of amides is 2. The van der Waals surface area contributed by atoms with Gasteiger partial charge in [0.1, 0.15) is 51.3 Å². The minimum absolute atomic E-state index is 0.145. The molecule has 0 radical (unpaired) electrons. The van der Waals surface area contributed by atoms with Crippen LogP contribution in [0.3, 0.4) is 0 Å². The third-order valence-electron chi connectivity index (χ3n) is 8.33. The van der Waals surface area contributed by atoms with Crippen LogP contribution in [0.2, 0.25) is 0 Å². The first kappa shape index (κ1) is 43.0. The Bertz CT molecular complexity index is 2090. The fourth-order valence-electron chi connectivity index (χ4n) is 5.89. The Morgan fingerprint density at radius 3 is 1.89 bits per heavy atom. The lowest BCUT2D eigenvalue weighted by Gasteiger charge is -2.44. The Hall–Kier alpha value is -4.75. The summed E-state index contributed by atoms with van der Waals surface area (Å²) < 4.78 is 79.1. The van der Waals surface area contributed by atoms with E-state index in [4.69, 9.17) is 34.4 Å². The number of para-hydroxylation sites is 1. The van der Waals surface area contributed by atoms with Gasteiger partial charge in [0.25, 0.3) is 0 Å². The predicted octanol–water partition coefficient (Wildman–Crippen LogP) is 5.34. The molecule has 3 aromatic rings. The van der Waals surface area contributed by atoms with E-state index in [0.717, 1.165) is 12.1 Å². The minimum Gasteiger partial charge on any atom is -0.493 e. The van der Waals surface area contributed by atoms with Gasteiger partial charge in [-0.2, -0.15) is 30.9 Å². The molecular formula is C37H51N5O11S2+2. The van der Waals surface area contributed by atoms with Gasteiger partial charge in [-0.3, -0.25) is 10.2 Å². The fraction of sp³-hybridized carbons (Fsp3) is 0.432. The second-order valence-corrected chi connectivity index (χ2v) is 18.7. The lowest BCUT2D eigenvalue weighted by atomic mass is 10.1. The first-order valence-electron chi connectivity index (χ1n) is 17.5. The molecule has 1 saturated heterocycles. The molecule has 1 aliphatic heterocycles. The largest absolute Gasteiger partial charge is 0.532 e. The molecule has 0 bridgehead atoms. The molecule has 0 atom stereocenters. The normalized spacial score (nSPS) is 19.2. The predicted molar refractivity (Wildman–Crippen MR) is 204 cm³/mol. The van der Waals surface area contributed by atoms with E-state index in [-0.39, 0.29) is 43.8 Å². The number of ether oxygens (including phenoxy) is 3. The summed E-state index contributed by atoms with van der Waals surface area (Å²) in [4.78, 5) is 31.8. The molecule has 1 aliphatic rings. The third kappa shape index (κ3) is 10.3. The number of sulfonamides is 1. The van der Waals surface area contributed by atoms with Crippen LogP contribution in [0.15, 0.2) is 82.6 Å². The molecule has 0 unspecified atom stereocenters. The van der Waals surface area contributed by atoms with Gasteiger partial charge in [0.2, 0.25) is 5.96 Å². The number of carbonyl (C=O) groups excluding carboxylic acids is 2. The molecular weight excluding hydrogens is 755 g/mol. The van der Waals surface area contributed by atoms with Gasteiger partial charge in [-0.05, 0) is 90.4 Å². The van der Waals surface area contributed by atoms with Crippen LogP contribution in [0, 0.1) is 12.3 Å². The van der Waals surface area contributed by atoms with Crippen LogP contribution in [-0.4, -0.2) is 89.5 Å². The Morgan fingerprint density at radius 1 is 0.764 bits per heavy atom. The van der Waals surface area contributed by atoms with Gasteiger partial charge in [-0.15, -0.1) is 3.89 Å². The number of nitrogens with one attached hydrogen (secondary N) is 2. The molecule has 1 heterocycles.